The van der Waals surface area contributed by atoms with Crippen molar-refractivity contribution in [2.45, 2.75) is 58.4 Å². The molecule has 0 aliphatic heterocycles. The van der Waals surface area contributed by atoms with Crippen LogP contribution in [-0.2, 0) is 9.59 Å². The van der Waals surface area contributed by atoms with Gasteiger partial charge in [0.05, 0.1) is 12.6 Å². The Kier molecular flexibility index (Phi) is 6.00. The van der Waals surface area contributed by atoms with E-state index in [9.17, 15) is 14.9 Å². The van der Waals surface area contributed by atoms with E-state index in [1.165, 1.54) is 4.90 Å². The molecule has 0 saturated heterocycles. The molecule has 1 fully saturated rings. The third-order valence-electron chi connectivity index (χ3n) is 3.65. The molecule has 2 amide bonds. The maximum absolute atomic E-state index is 12.5. The number of rotatable bonds is 8. The standard InChI is InChI=1S/C15H25N3O2/c1-4-8-15(11-16,9-5-2)14(20)18(3)10-13(19)17-12-6-7-12/h12H,4-10H2,1-3H3,(H,17,19). The SMILES string of the molecule is CCCC(C#N)(CCC)C(=O)N(C)CC(=O)NC1CC1. The molecule has 0 spiro atoms. The van der Waals surface area contributed by atoms with Crippen molar-refractivity contribution in [3.05, 3.63) is 0 Å². The summed E-state index contributed by atoms with van der Waals surface area (Å²) in [5.41, 5.74) is -0.974. The Balaban J connectivity index is 2.66. The molecule has 5 nitrogen and oxygen atoms in total. The van der Waals surface area contributed by atoms with Crippen LogP contribution in [0, 0.1) is 16.7 Å². The first kappa shape index (κ1) is 16.5. The van der Waals surface area contributed by atoms with Crippen molar-refractivity contribution in [3.8, 4) is 6.07 Å². The van der Waals surface area contributed by atoms with Crippen LogP contribution in [0.15, 0.2) is 0 Å². The lowest BCUT2D eigenvalue weighted by Crippen LogP contribution is -2.46. The zero-order valence-corrected chi connectivity index (χ0v) is 12.7. The minimum Gasteiger partial charge on any atom is -0.352 e. The van der Waals surface area contributed by atoms with Crippen LogP contribution < -0.4 is 5.32 Å². The van der Waals surface area contributed by atoms with E-state index in [4.69, 9.17) is 0 Å². The minimum absolute atomic E-state index is 0.0339. The van der Waals surface area contributed by atoms with Gasteiger partial charge in [0.25, 0.3) is 0 Å². The lowest BCUT2D eigenvalue weighted by Gasteiger charge is -2.29. The van der Waals surface area contributed by atoms with Crippen molar-refractivity contribution in [1.82, 2.24) is 10.2 Å². The van der Waals surface area contributed by atoms with Gasteiger partial charge in [-0.05, 0) is 25.7 Å². The second kappa shape index (κ2) is 7.28. The smallest absolute Gasteiger partial charge is 0.243 e. The number of hydrogen-bond donors (Lipinski definition) is 1. The summed E-state index contributed by atoms with van der Waals surface area (Å²) in [5, 5.41) is 12.3. The average molecular weight is 279 g/mol. The molecular weight excluding hydrogens is 254 g/mol. The summed E-state index contributed by atoms with van der Waals surface area (Å²) < 4.78 is 0. The van der Waals surface area contributed by atoms with Crippen molar-refractivity contribution in [2.24, 2.45) is 5.41 Å². The molecule has 112 valence electrons. The first-order chi connectivity index (χ1) is 9.49. The molecule has 0 aromatic carbocycles. The molecule has 0 unspecified atom stereocenters. The third-order valence-corrected chi connectivity index (χ3v) is 3.65. The summed E-state index contributed by atoms with van der Waals surface area (Å²) in [6, 6.07) is 2.49. The van der Waals surface area contributed by atoms with E-state index >= 15 is 0 Å². The number of amides is 2. The molecule has 0 atom stereocenters. The fraction of sp³-hybridized carbons (Fsp3) is 0.800. The van der Waals surface area contributed by atoms with Gasteiger partial charge in [-0.25, -0.2) is 0 Å². The summed E-state index contributed by atoms with van der Waals surface area (Å²) in [5.74, 6) is -0.363. The number of carbonyl (C=O) groups excluding carboxylic acids is 2. The minimum atomic E-state index is -0.974. The molecule has 1 saturated carbocycles. The Morgan fingerprint density at radius 3 is 2.25 bits per heavy atom. The molecule has 20 heavy (non-hydrogen) atoms. The number of likely N-dealkylation sites (N-methyl/N-ethyl adjacent to an activating group) is 1. The first-order valence-electron chi connectivity index (χ1n) is 7.45. The highest BCUT2D eigenvalue weighted by atomic mass is 16.2. The van der Waals surface area contributed by atoms with Crippen LogP contribution in [0.25, 0.3) is 0 Å². The van der Waals surface area contributed by atoms with Gasteiger partial charge in [-0.2, -0.15) is 5.26 Å². The van der Waals surface area contributed by atoms with Crippen LogP contribution in [0.1, 0.15) is 52.4 Å². The fourth-order valence-corrected chi connectivity index (χ4v) is 2.51. The van der Waals surface area contributed by atoms with Gasteiger partial charge in [0.2, 0.25) is 11.8 Å². The van der Waals surface area contributed by atoms with Crippen LogP contribution in [-0.4, -0.2) is 36.3 Å². The maximum atomic E-state index is 12.5. The van der Waals surface area contributed by atoms with E-state index < -0.39 is 5.41 Å². The molecule has 0 bridgehead atoms. The molecule has 0 aromatic rings. The predicted molar refractivity (Wildman–Crippen MR) is 76.7 cm³/mol. The summed E-state index contributed by atoms with van der Waals surface area (Å²) in [6.45, 7) is 3.97. The normalized spacial score (nSPS) is 14.5. The maximum Gasteiger partial charge on any atom is 0.243 e. The van der Waals surface area contributed by atoms with E-state index in [1.54, 1.807) is 7.05 Å². The highest BCUT2D eigenvalue weighted by Gasteiger charge is 2.39. The third kappa shape index (κ3) is 4.22. The Morgan fingerprint density at radius 1 is 1.30 bits per heavy atom. The topological polar surface area (TPSA) is 73.2 Å². The van der Waals surface area contributed by atoms with Gasteiger partial charge >= 0.3 is 0 Å². The van der Waals surface area contributed by atoms with Gasteiger partial charge in [-0.3, -0.25) is 9.59 Å². The van der Waals surface area contributed by atoms with Gasteiger partial charge in [0.15, 0.2) is 0 Å². The van der Waals surface area contributed by atoms with Gasteiger partial charge in [0, 0.05) is 13.1 Å². The zero-order valence-electron chi connectivity index (χ0n) is 12.7. The highest BCUT2D eigenvalue weighted by molar-refractivity contribution is 5.89. The van der Waals surface area contributed by atoms with Crippen molar-refractivity contribution < 1.29 is 9.59 Å². The van der Waals surface area contributed by atoms with Crippen molar-refractivity contribution in [1.29, 1.82) is 5.26 Å². The Labute approximate surface area is 121 Å². The summed E-state index contributed by atoms with van der Waals surface area (Å²) in [7, 11) is 1.60. The second-order valence-electron chi connectivity index (χ2n) is 5.70. The second-order valence-corrected chi connectivity index (χ2v) is 5.70. The number of hydrogen-bond acceptors (Lipinski definition) is 3. The Morgan fingerprint density at radius 2 is 1.85 bits per heavy atom. The lowest BCUT2D eigenvalue weighted by atomic mass is 9.79. The van der Waals surface area contributed by atoms with Crippen LogP contribution in [0.5, 0.6) is 0 Å². The number of nitrogens with zero attached hydrogens (tertiary/aromatic N) is 2. The van der Waals surface area contributed by atoms with Crippen molar-refractivity contribution >= 4 is 11.8 Å². The Bertz CT molecular complexity index is 390. The largest absolute Gasteiger partial charge is 0.352 e. The first-order valence-corrected chi connectivity index (χ1v) is 7.45. The van der Waals surface area contributed by atoms with Crippen LogP contribution >= 0.6 is 0 Å². The van der Waals surface area contributed by atoms with Crippen LogP contribution in [0.2, 0.25) is 0 Å². The Hall–Kier alpha value is -1.57. The molecular formula is C15H25N3O2. The van der Waals surface area contributed by atoms with Gasteiger partial charge in [-0.1, -0.05) is 26.7 Å². The van der Waals surface area contributed by atoms with Crippen LogP contribution in [0.3, 0.4) is 0 Å². The summed E-state index contributed by atoms with van der Waals surface area (Å²) >= 11 is 0. The van der Waals surface area contributed by atoms with Gasteiger partial charge < -0.3 is 10.2 Å². The molecule has 1 aliphatic rings. The quantitative estimate of drug-likeness (QED) is 0.736. The fourth-order valence-electron chi connectivity index (χ4n) is 2.51. The van der Waals surface area contributed by atoms with Crippen LogP contribution in [0.4, 0.5) is 0 Å². The number of nitriles is 1. The summed E-state index contributed by atoms with van der Waals surface area (Å²) in [6.07, 6.45) is 4.70. The monoisotopic (exact) mass is 279 g/mol. The van der Waals surface area contributed by atoms with Crippen molar-refractivity contribution in [3.63, 3.8) is 0 Å². The highest BCUT2D eigenvalue weighted by Crippen LogP contribution is 2.31. The average Bonchev–Trinajstić information content (AvgIpc) is 3.21. The van der Waals surface area contributed by atoms with Gasteiger partial charge in [-0.15, -0.1) is 0 Å². The number of nitrogens with one attached hydrogen (secondary N) is 1. The zero-order chi connectivity index (χ0) is 15.2. The molecule has 0 radical (unpaired) electrons. The molecule has 1 N–H and O–H groups in total. The molecule has 1 rings (SSSR count). The predicted octanol–water partition coefficient (Wildman–Crippen LogP) is 1.83. The van der Waals surface area contributed by atoms with E-state index in [2.05, 4.69) is 11.4 Å². The van der Waals surface area contributed by atoms with E-state index in [0.29, 0.717) is 12.8 Å². The lowest BCUT2D eigenvalue weighted by molar-refractivity contribution is -0.141. The molecule has 0 heterocycles. The molecule has 5 heteroatoms. The van der Waals surface area contributed by atoms with E-state index in [1.807, 2.05) is 13.8 Å². The van der Waals surface area contributed by atoms with E-state index in [0.717, 1.165) is 25.7 Å². The van der Waals surface area contributed by atoms with Gasteiger partial charge in [0.1, 0.15) is 5.41 Å². The molecule has 1 aliphatic carbocycles. The van der Waals surface area contributed by atoms with Crippen molar-refractivity contribution in [2.75, 3.05) is 13.6 Å². The summed E-state index contributed by atoms with van der Waals surface area (Å²) in [4.78, 5) is 25.7. The molecule has 0 aromatic heterocycles. The number of carbonyl (C=O) groups is 2. The van der Waals surface area contributed by atoms with E-state index in [-0.39, 0.29) is 24.4 Å².